The summed E-state index contributed by atoms with van der Waals surface area (Å²) in [4.78, 5) is 29.5. The molecule has 180 valence electrons. The lowest BCUT2D eigenvalue weighted by Gasteiger charge is -2.54. The summed E-state index contributed by atoms with van der Waals surface area (Å²) in [5.41, 5.74) is 0.705. The number of hydrogen-bond acceptors (Lipinski definition) is 7. The van der Waals surface area contributed by atoms with Crippen molar-refractivity contribution in [2.24, 2.45) is 5.41 Å². The molecule has 0 aliphatic carbocycles. The summed E-state index contributed by atoms with van der Waals surface area (Å²) in [6.07, 6.45) is 2.06. The number of piperidine rings is 1. The van der Waals surface area contributed by atoms with Crippen LogP contribution in [0.3, 0.4) is 0 Å². The summed E-state index contributed by atoms with van der Waals surface area (Å²) in [6, 6.07) is 4.60. The molecule has 2 saturated heterocycles. The zero-order valence-electron chi connectivity index (χ0n) is 19.4. The zero-order chi connectivity index (χ0) is 24.1. The Morgan fingerprint density at radius 1 is 1.15 bits per heavy atom. The Bertz CT molecular complexity index is 1220. The highest BCUT2D eigenvalue weighted by Crippen LogP contribution is 2.41. The van der Waals surface area contributed by atoms with Crippen molar-refractivity contribution in [3.05, 3.63) is 36.4 Å². The first-order valence-electron chi connectivity index (χ1n) is 11.3. The molecule has 2 fully saturated rings. The minimum Gasteiger partial charge on any atom is -0.444 e. The van der Waals surface area contributed by atoms with Gasteiger partial charge >= 0.3 is 6.09 Å². The molecule has 11 heteroatoms. The van der Waals surface area contributed by atoms with E-state index in [9.17, 15) is 13.6 Å². The number of imidazole rings is 1. The standard InChI is InChI=1S/C23H27F2N7O2/c1-22(2,3)34-21(33)30-8-4-7-23(11-30)12-31(13-23)19-9-16(27-14-28-19)17-10-26-18-6-5-15(20(24)25)29-32(17)18/h5-6,9-10,14,20H,4,7-8,11-13H2,1-3H3. The van der Waals surface area contributed by atoms with E-state index in [4.69, 9.17) is 4.74 Å². The van der Waals surface area contributed by atoms with E-state index in [1.807, 2.05) is 31.7 Å². The number of aromatic nitrogens is 5. The van der Waals surface area contributed by atoms with E-state index in [1.54, 1.807) is 6.20 Å². The Morgan fingerprint density at radius 3 is 2.68 bits per heavy atom. The van der Waals surface area contributed by atoms with Gasteiger partial charge in [0.05, 0.1) is 11.9 Å². The maximum Gasteiger partial charge on any atom is 0.410 e. The van der Waals surface area contributed by atoms with Crippen LogP contribution in [0.5, 0.6) is 0 Å². The monoisotopic (exact) mass is 471 g/mol. The molecule has 0 atom stereocenters. The van der Waals surface area contributed by atoms with Crippen LogP contribution < -0.4 is 4.90 Å². The summed E-state index contributed by atoms with van der Waals surface area (Å²) in [5.74, 6) is 0.741. The van der Waals surface area contributed by atoms with Gasteiger partial charge < -0.3 is 14.5 Å². The first-order chi connectivity index (χ1) is 16.1. The second-order valence-electron chi connectivity index (χ2n) is 10.1. The normalized spacial score (nSPS) is 17.9. The van der Waals surface area contributed by atoms with Crippen LogP contribution in [0.2, 0.25) is 0 Å². The summed E-state index contributed by atoms with van der Waals surface area (Å²) >= 11 is 0. The van der Waals surface area contributed by atoms with E-state index in [0.29, 0.717) is 30.1 Å². The molecule has 9 nitrogen and oxygen atoms in total. The van der Waals surface area contributed by atoms with E-state index < -0.39 is 12.0 Å². The molecule has 3 aromatic heterocycles. The minimum atomic E-state index is -2.67. The third-order valence-corrected chi connectivity index (χ3v) is 6.21. The van der Waals surface area contributed by atoms with Crippen molar-refractivity contribution in [3.8, 4) is 11.4 Å². The second kappa shape index (κ2) is 8.14. The number of nitrogens with zero attached hydrogens (tertiary/aromatic N) is 7. The zero-order valence-corrected chi connectivity index (χ0v) is 19.4. The van der Waals surface area contributed by atoms with Crippen LogP contribution in [-0.2, 0) is 4.74 Å². The summed E-state index contributed by atoms with van der Waals surface area (Å²) in [7, 11) is 0. The van der Waals surface area contributed by atoms with Gasteiger partial charge in [0.1, 0.15) is 29.1 Å². The van der Waals surface area contributed by atoms with Gasteiger partial charge in [-0.05, 0) is 45.7 Å². The number of carbonyl (C=O) groups excluding carboxylic acids is 1. The first-order valence-corrected chi connectivity index (χ1v) is 11.3. The lowest BCUT2D eigenvalue weighted by Crippen LogP contribution is -2.64. The highest BCUT2D eigenvalue weighted by atomic mass is 19.3. The van der Waals surface area contributed by atoms with Crippen LogP contribution in [0.1, 0.15) is 45.7 Å². The quantitative estimate of drug-likeness (QED) is 0.571. The molecule has 0 N–H and O–H groups in total. The number of amides is 1. The van der Waals surface area contributed by atoms with E-state index >= 15 is 0 Å². The number of halogens is 2. The lowest BCUT2D eigenvalue weighted by atomic mass is 9.73. The number of ether oxygens (including phenoxy) is 1. The third-order valence-electron chi connectivity index (χ3n) is 6.21. The van der Waals surface area contributed by atoms with E-state index in [1.165, 1.54) is 23.0 Å². The van der Waals surface area contributed by atoms with E-state index in [0.717, 1.165) is 31.7 Å². The number of carbonyl (C=O) groups is 1. The molecule has 34 heavy (non-hydrogen) atoms. The predicted octanol–water partition coefficient (Wildman–Crippen LogP) is 3.96. The Balaban J connectivity index is 1.32. The Hall–Kier alpha value is -3.37. The SMILES string of the molecule is CC(C)(C)OC(=O)N1CCCC2(C1)CN(c1cc(-c3cnc4ccc(C(F)F)nn34)ncn1)C2. The largest absolute Gasteiger partial charge is 0.444 e. The van der Waals surface area contributed by atoms with Gasteiger partial charge in [0, 0.05) is 37.7 Å². The van der Waals surface area contributed by atoms with Crippen molar-refractivity contribution < 1.29 is 18.3 Å². The Labute approximate surface area is 195 Å². The maximum atomic E-state index is 13.1. The molecular weight excluding hydrogens is 444 g/mol. The van der Waals surface area contributed by atoms with E-state index in [2.05, 4.69) is 25.0 Å². The lowest BCUT2D eigenvalue weighted by molar-refractivity contribution is -0.00155. The Kier molecular flexibility index (Phi) is 5.37. The molecule has 5 heterocycles. The molecule has 2 aliphatic rings. The van der Waals surface area contributed by atoms with Crippen LogP contribution in [-0.4, -0.2) is 67.3 Å². The predicted molar refractivity (Wildman–Crippen MR) is 121 cm³/mol. The summed E-state index contributed by atoms with van der Waals surface area (Å²) in [5, 5.41) is 4.02. The average molecular weight is 472 g/mol. The van der Waals surface area contributed by atoms with Gasteiger partial charge in [-0.25, -0.2) is 33.0 Å². The molecule has 1 amide bonds. The van der Waals surface area contributed by atoms with Crippen LogP contribution in [0.4, 0.5) is 19.4 Å². The molecule has 0 bridgehead atoms. The molecule has 5 rings (SSSR count). The summed E-state index contributed by atoms with van der Waals surface area (Å²) < 4.78 is 33.2. The van der Waals surface area contributed by atoms with Crippen molar-refractivity contribution >= 4 is 17.6 Å². The van der Waals surface area contributed by atoms with Gasteiger partial charge in [0.15, 0.2) is 5.65 Å². The highest BCUT2D eigenvalue weighted by molar-refractivity contribution is 5.68. The van der Waals surface area contributed by atoms with Crippen molar-refractivity contribution in [1.82, 2.24) is 29.5 Å². The molecule has 2 aliphatic heterocycles. The van der Waals surface area contributed by atoms with Gasteiger partial charge in [-0.1, -0.05) is 0 Å². The number of rotatable bonds is 3. The average Bonchev–Trinajstić information content (AvgIpc) is 3.19. The second-order valence-corrected chi connectivity index (χ2v) is 10.1. The maximum absolute atomic E-state index is 13.1. The molecule has 0 aromatic carbocycles. The van der Waals surface area contributed by atoms with Crippen LogP contribution in [0.15, 0.2) is 30.7 Å². The fourth-order valence-electron chi connectivity index (χ4n) is 4.71. The van der Waals surface area contributed by atoms with Gasteiger partial charge in [-0.3, -0.25) is 0 Å². The van der Waals surface area contributed by atoms with Crippen molar-refractivity contribution in [1.29, 1.82) is 0 Å². The minimum absolute atomic E-state index is 0.0112. The number of likely N-dealkylation sites (tertiary alicyclic amines) is 1. The fraction of sp³-hybridized carbons (Fsp3) is 0.522. The number of hydrogen-bond donors (Lipinski definition) is 0. The number of anilines is 1. The summed E-state index contributed by atoms with van der Waals surface area (Å²) in [6.45, 7) is 8.51. The van der Waals surface area contributed by atoms with Gasteiger partial charge in [-0.2, -0.15) is 5.10 Å². The molecule has 0 radical (unpaired) electrons. The van der Waals surface area contributed by atoms with Crippen molar-refractivity contribution in [2.75, 3.05) is 31.1 Å². The fourth-order valence-corrected chi connectivity index (χ4v) is 4.71. The van der Waals surface area contributed by atoms with Crippen molar-refractivity contribution in [2.45, 2.75) is 45.6 Å². The van der Waals surface area contributed by atoms with Gasteiger partial charge in [0.2, 0.25) is 0 Å². The molecule has 0 unspecified atom stereocenters. The highest BCUT2D eigenvalue weighted by Gasteiger charge is 2.47. The van der Waals surface area contributed by atoms with Crippen LogP contribution in [0, 0.1) is 5.41 Å². The van der Waals surface area contributed by atoms with E-state index in [-0.39, 0.29) is 17.2 Å². The molecule has 0 saturated carbocycles. The molecule has 3 aromatic rings. The molecular formula is C23H27F2N7O2. The van der Waals surface area contributed by atoms with Crippen molar-refractivity contribution in [3.63, 3.8) is 0 Å². The number of fused-ring (bicyclic) bond motifs is 1. The van der Waals surface area contributed by atoms with Crippen LogP contribution >= 0.6 is 0 Å². The molecule has 1 spiro atoms. The number of alkyl halides is 2. The Morgan fingerprint density at radius 2 is 1.94 bits per heavy atom. The van der Waals surface area contributed by atoms with Gasteiger partial charge in [-0.15, -0.1) is 0 Å². The third kappa shape index (κ3) is 4.26. The van der Waals surface area contributed by atoms with Gasteiger partial charge in [0.25, 0.3) is 6.43 Å². The smallest absolute Gasteiger partial charge is 0.410 e. The van der Waals surface area contributed by atoms with Crippen LogP contribution in [0.25, 0.3) is 17.0 Å². The first kappa shape index (κ1) is 22.4. The topological polar surface area (TPSA) is 88.8 Å².